The van der Waals surface area contributed by atoms with Crippen LogP contribution in [0.1, 0.15) is 233 Å². The quantitative estimate of drug-likeness (QED) is 0.0401. The molecular weight excluding hydrogens is 753 g/mol. The lowest BCUT2D eigenvalue weighted by atomic mass is 10.1. The molecule has 0 saturated heterocycles. The van der Waals surface area contributed by atoms with Crippen molar-refractivity contribution < 1.29 is 40.1 Å². The zero-order valence-corrected chi connectivity index (χ0v) is 38.4. The monoisotopic (exact) mass is 838 g/mol. The van der Waals surface area contributed by atoms with Gasteiger partial charge in [-0.15, -0.1) is 0 Å². The molecule has 0 aliphatic rings. The number of amides is 3. The maximum atomic E-state index is 12.6. The minimum Gasteiger partial charge on any atom is -0.551 e. The van der Waals surface area contributed by atoms with Crippen LogP contribution in [0.5, 0.6) is 0 Å². The Hall–Kier alpha value is -2.65. The molecule has 0 aromatic carbocycles. The molecule has 336 valence electrons. The third kappa shape index (κ3) is 40.1. The van der Waals surface area contributed by atoms with Gasteiger partial charge in [0, 0.05) is 38.9 Å². The maximum absolute atomic E-state index is 12.6. The van der Waals surface area contributed by atoms with Crippen molar-refractivity contribution in [1.82, 2.24) is 16.0 Å². The highest BCUT2D eigenvalue weighted by Crippen LogP contribution is 2.13. The summed E-state index contributed by atoms with van der Waals surface area (Å²) in [5.41, 5.74) is 0. The Kier molecular flexibility index (Phi) is 40.5. The Labute approximate surface area is 358 Å². The summed E-state index contributed by atoms with van der Waals surface area (Å²) in [6.45, 7) is 6.73. The number of carbonyl (C=O) groups excluding carboxylic acids is 6. The fourth-order valence-electron chi connectivity index (χ4n) is 6.54. The molecule has 3 amide bonds. The number of carbonyl (C=O) groups is 6. The van der Waals surface area contributed by atoms with Crippen molar-refractivity contribution in [2.45, 2.75) is 233 Å². The Morgan fingerprint density at radius 2 is 0.517 bits per heavy atom. The van der Waals surface area contributed by atoms with Crippen molar-refractivity contribution >= 4 is 50.8 Å². The third-order valence-corrected chi connectivity index (χ3v) is 11.5. The molecule has 0 fully saturated rings. The van der Waals surface area contributed by atoms with E-state index in [-0.39, 0.29) is 56.6 Å². The molecule has 0 heterocycles. The van der Waals surface area contributed by atoms with Crippen LogP contribution >= 0.6 is 0 Å². The SMILES string of the molecule is CCCCCCCCCCCC(=O)NCCC(=O)[O][Al]([O]C(=O)CCNC(=O)CCCCCCCCCCC)[O]C(=O)CCNC(=O)CCCCCCCCCCC. The van der Waals surface area contributed by atoms with E-state index in [4.69, 9.17) is 11.4 Å². The maximum Gasteiger partial charge on any atom is 1.20 e. The molecule has 0 radical (unpaired) electrons. The molecule has 0 bridgehead atoms. The fourth-order valence-corrected chi connectivity index (χ4v) is 7.68. The first kappa shape index (κ1) is 55.4. The van der Waals surface area contributed by atoms with E-state index in [1.807, 2.05) is 0 Å². The Bertz CT molecular complexity index is 934. The van der Waals surface area contributed by atoms with Crippen LogP contribution in [0.3, 0.4) is 0 Å². The number of unbranched alkanes of at least 4 members (excludes halogenated alkanes) is 24. The lowest BCUT2D eigenvalue weighted by Gasteiger charge is -2.14. The van der Waals surface area contributed by atoms with Gasteiger partial charge in [0.2, 0.25) is 17.7 Å². The minimum atomic E-state index is -3.61. The molecule has 0 spiro atoms. The number of rotatable bonds is 42. The second kappa shape index (κ2) is 42.5. The molecule has 0 aromatic rings. The third-order valence-electron chi connectivity index (χ3n) is 10.2. The summed E-state index contributed by atoms with van der Waals surface area (Å²) in [6.07, 6.45) is 31.6. The molecular formula is C45H84AlN3O9. The predicted octanol–water partition coefficient (Wildman–Crippen LogP) is 9.88. The highest BCUT2D eigenvalue weighted by atomic mass is 27.3. The summed E-state index contributed by atoms with van der Waals surface area (Å²) in [5, 5.41) is 8.15. The Morgan fingerprint density at radius 1 is 0.310 bits per heavy atom. The van der Waals surface area contributed by atoms with Crippen LogP contribution in [0.4, 0.5) is 0 Å². The molecule has 0 aliphatic heterocycles. The molecule has 12 nitrogen and oxygen atoms in total. The molecule has 0 aromatic heterocycles. The van der Waals surface area contributed by atoms with Crippen LogP contribution in [0.2, 0.25) is 0 Å². The van der Waals surface area contributed by atoms with Crippen LogP contribution < -0.4 is 16.0 Å². The van der Waals surface area contributed by atoms with Crippen molar-refractivity contribution in [3.8, 4) is 0 Å². The van der Waals surface area contributed by atoms with Gasteiger partial charge in [-0.25, -0.2) is 0 Å². The first-order valence-electron chi connectivity index (χ1n) is 23.6. The minimum absolute atomic E-state index is 0.0358. The van der Waals surface area contributed by atoms with E-state index >= 15 is 0 Å². The van der Waals surface area contributed by atoms with E-state index in [9.17, 15) is 28.8 Å². The molecule has 13 heteroatoms. The first-order chi connectivity index (χ1) is 28.2. The molecule has 0 aliphatic carbocycles. The lowest BCUT2D eigenvalue weighted by Crippen LogP contribution is -2.37. The average molecular weight is 838 g/mol. The standard InChI is InChI=1S/3C15H29NO3.Al/c3*1-2-3-4-5-6-7-8-9-10-11-14(17)16-13-12-15(18)19;/h3*2-13H2,1H3,(H,16,17)(H,18,19);/q;;;+3/p-3. The largest absolute Gasteiger partial charge is 1.20 e. The van der Waals surface area contributed by atoms with Gasteiger partial charge in [-0.2, -0.15) is 0 Å². The van der Waals surface area contributed by atoms with Crippen molar-refractivity contribution in [1.29, 1.82) is 0 Å². The van der Waals surface area contributed by atoms with Gasteiger partial charge in [-0.1, -0.05) is 175 Å². The highest BCUT2D eigenvalue weighted by molar-refractivity contribution is 6.44. The predicted molar refractivity (Wildman–Crippen MR) is 232 cm³/mol. The highest BCUT2D eigenvalue weighted by Gasteiger charge is 2.48. The smallest absolute Gasteiger partial charge is 0.551 e. The molecule has 0 unspecified atom stereocenters. The second-order valence-corrected chi connectivity index (χ2v) is 17.1. The Balaban J connectivity index is 4.63. The van der Waals surface area contributed by atoms with E-state index in [1.54, 1.807) is 0 Å². The lowest BCUT2D eigenvalue weighted by molar-refractivity contribution is -0.147. The van der Waals surface area contributed by atoms with Gasteiger partial charge < -0.3 is 27.3 Å². The van der Waals surface area contributed by atoms with Crippen LogP contribution in [-0.2, 0) is 40.1 Å². The van der Waals surface area contributed by atoms with Gasteiger partial charge in [0.1, 0.15) is 0 Å². The molecule has 0 atom stereocenters. The molecule has 0 saturated carbocycles. The summed E-state index contributed by atoms with van der Waals surface area (Å²) < 4.78 is 15.9. The van der Waals surface area contributed by atoms with Gasteiger partial charge in [0.05, 0.1) is 19.3 Å². The van der Waals surface area contributed by atoms with E-state index < -0.39 is 33.1 Å². The summed E-state index contributed by atoms with van der Waals surface area (Å²) in [7, 11) is 0. The van der Waals surface area contributed by atoms with Gasteiger partial charge >= 0.3 is 15.1 Å². The second-order valence-electron chi connectivity index (χ2n) is 15.8. The van der Waals surface area contributed by atoms with Crippen LogP contribution in [0, 0.1) is 0 Å². The number of hydrogen-bond donors (Lipinski definition) is 3. The zero-order chi connectivity index (χ0) is 42.7. The van der Waals surface area contributed by atoms with Crippen molar-refractivity contribution in [2.75, 3.05) is 19.6 Å². The molecule has 58 heavy (non-hydrogen) atoms. The van der Waals surface area contributed by atoms with Crippen LogP contribution in [-0.4, -0.2) is 70.4 Å². The van der Waals surface area contributed by atoms with Crippen LogP contribution in [0.15, 0.2) is 0 Å². The topological polar surface area (TPSA) is 166 Å². The Morgan fingerprint density at radius 3 is 0.741 bits per heavy atom. The summed E-state index contributed by atoms with van der Waals surface area (Å²) >= 11 is -3.61. The molecule has 0 rings (SSSR count). The number of hydrogen-bond acceptors (Lipinski definition) is 9. The van der Waals surface area contributed by atoms with E-state index in [2.05, 4.69) is 36.7 Å². The zero-order valence-electron chi connectivity index (χ0n) is 37.2. The van der Waals surface area contributed by atoms with Crippen molar-refractivity contribution in [3.05, 3.63) is 0 Å². The van der Waals surface area contributed by atoms with E-state index in [0.29, 0.717) is 19.3 Å². The fraction of sp³-hybridized carbons (Fsp3) is 0.867. The van der Waals surface area contributed by atoms with Crippen LogP contribution in [0.25, 0.3) is 0 Å². The summed E-state index contributed by atoms with van der Waals surface area (Å²) in [5.74, 6) is -2.77. The molecule has 3 N–H and O–H groups in total. The van der Waals surface area contributed by atoms with E-state index in [1.165, 1.54) is 116 Å². The summed E-state index contributed by atoms with van der Waals surface area (Å²) in [4.78, 5) is 74.7. The van der Waals surface area contributed by atoms with Crippen molar-refractivity contribution in [3.63, 3.8) is 0 Å². The normalized spacial score (nSPS) is 10.8. The summed E-state index contributed by atoms with van der Waals surface area (Å²) in [6, 6.07) is 0. The van der Waals surface area contributed by atoms with Gasteiger partial charge in [-0.3, -0.25) is 28.8 Å². The van der Waals surface area contributed by atoms with Gasteiger partial charge in [0.15, 0.2) is 0 Å². The van der Waals surface area contributed by atoms with E-state index in [0.717, 1.165) is 57.8 Å². The van der Waals surface area contributed by atoms with Gasteiger partial charge in [-0.05, 0) is 19.3 Å². The van der Waals surface area contributed by atoms with Gasteiger partial charge in [0.25, 0.3) is 17.9 Å². The number of nitrogens with one attached hydrogen (secondary N) is 3. The first-order valence-corrected chi connectivity index (χ1v) is 25.0. The van der Waals surface area contributed by atoms with Crippen molar-refractivity contribution in [2.24, 2.45) is 0 Å². The average Bonchev–Trinajstić information content (AvgIpc) is 3.18.